The molecule has 0 amide bonds. The molecule has 0 N–H and O–H groups in total. The molecule has 0 aliphatic rings. The summed E-state index contributed by atoms with van der Waals surface area (Å²) in [5.74, 6) is -0.600. The second kappa shape index (κ2) is 7.16. The molecule has 0 spiro atoms. The van der Waals surface area contributed by atoms with E-state index >= 15 is 0 Å². The fourth-order valence-corrected chi connectivity index (χ4v) is 6.41. The van der Waals surface area contributed by atoms with Gasteiger partial charge < -0.3 is 4.43 Å². The van der Waals surface area contributed by atoms with Gasteiger partial charge in [-0.2, -0.15) is 0 Å². The molecule has 1 nitrogen and oxygen atoms in total. The molecule has 0 radical (unpaired) electrons. The van der Waals surface area contributed by atoms with Crippen LogP contribution in [0.25, 0.3) is 0 Å². The van der Waals surface area contributed by atoms with Gasteiger partial charge >= 0.3 is 0 Å². The van der Waals surface area contributed by atoms with Crippen molar-refractivity contribution in [2.75, 3.05) is 12.1 Å². The zero-order valence-corrected chi connectivity index (χ0v) is 13.5. The third-order valence-electron chi connectivity index (χ3n) is 3.36. The number of rotatable bonds is 6. The average molecular weight is 327 g/mol. The fourth-order valence-electron chi connectivity index (χ4n) is 2.24. The molecular weight excluding hydrogens is 310 g/mol. The highest BCUT2D eigenvalue weighted by Crippen LogP contribution is 2.12. The van der Waals surface area contributed by atoms with Crippen LogP contribution >= 0.6 is 11.6 Å². The van der Waals surface area contributed by atoms with Crippen LogP contribution in [-0.4, -0.2) is 20.4 Å². The van der Waals surface area contributed by atoms with Crippen molar-refractivity contribution in [2.24, 2.45) is 0 Å². The monoisotopic (exact) mass is 326 g/mol. The van der Waals surface area contributed by atoms with Crippen LogP contribution in [0.5, 0.6) is 0 Å². The predicted octanol–water partition coefficient (Wildman–Crippen LogP) is 3.23. The third kappa shape index (κ3) is 3.51. The standard InChI is InChI=1S/C16H17ClF2OSi/c1-2-11-20-21(12-17,15-7-3-13(18)4-8-15)16-9-5-14(19)6-10-16/h3-10H,2,11-12H2,1H3. The SMILES string of the molecule is CCCO[Si](CCl)(c1ccc(F)cc1)c1ccc(F)cc1. The number of hydrogen-bond donors (Lipinski definition) is 0. The van der Waals surface area contributed by atoms with Gasteiger partial charge in [0.25, 0.3) is 8.32 Å². The fraction of sp³-hybridized carbons (Fsp3) is 0.250. The largest absolute Gasteiger partial charge is 0.407 e. The molecule has 5 heteroatoms. The summed E-state index contributed by atoms with van der Waals surface area (Å²) in [5, 5.41) is 1.78. The zero-order chi connectivity index (χ0) is 15.3. The maximum atomic E-state index is 13.2. The lowest BCUT2D eigenvalue weighted by Gasteiger charge is -2.30. The minimum atomic E-state index is -2.66. The van der Waals surface area contributed by atoms with E-state index in [4.69, 9.17) is 16.0 Å². The quantitative estimate of drug-likeness (QED) is 0.585. The molecule has 0 aliphatic carbocycles. The predicted molar refractivity (Wildman–Crippen MR) is 84.8 cm³/mol. The third-order valence-corrected chi connectivity index (χ3v) is 8.10. The van der Waals surface area contributed by atoms with E-state index in [0.717, 1.165) is 16.8 Å². The van der Waals surface area contributed by atoms with Gasteiger partial charge in [-0.15, -0.1) is 11.6 Å². The Morgan fingerprint density at radius 3 is 1.67 bits per heavy atom. The van der Waals surface area contributed by atoms with Crippen LogP contribution in [0.2, 0.25) is 0 Å². The summed E-state index contributed by atoms with van der Waals surface area (Å²) >= 11 is 6.26. The van der Waals surface area contributed by atoms with Gasteiger partial charge in [0.1, 0.15) is 11.6 Å². The highest BCUT2D eigenvalue weighted by Gasteiger charge is 2.39. The lowest BCUT2D eigenvalue weighted by Crippen LogP contribution is -2.63. The molecule has 2 aromatic carbocycles. The first-order valence-electron chi connectivity index (χ1n) is 6.84. The van der Waals surface area contributed by atoms with E-state index in [1.807, 2.05) is 6.92 Å². The molecule has 0 aromatic heterocycles. The Bertz CT molecular complexity index is 526. The van der Waals surface area contributed by atoms with E-state index in [1.165, 1.54) is 24.3 Å². The molecule has 21 heavy (non-hydrogen) atoms. The van der Waals surface area contributed by atoms with Gasteiger partial charge in [-0.1, -0.05) is 31.2 Å². The minimum Gasteiger partial charge on any atom is -0.407 e. The van der Waals surface area contributed by atoms with E-state index in [2.05, 4.69) is 0 Å². The molecule has 0 bridgehead atoms. The van der Waals surface area contributed by atoms with E-state index in [0.29, 0.717) is 12.1 Å². The number of hydrogen-bond acceptors (Lipinski definition) is 1. The Kier molecular flexibility index (Phi) is 5.50. The van der Waals surface area contributed by atoms with Crippen molar-refractivity contribution >= 4 is 30.3 Å². The highest BCUT2D eigenvalue weighted by atomic mass is 35.5. The smallest absolute Gasteiger partial charge is 0.270 e. The first kappa shape index (κ1) is 16.1. The normalized spacial score (nSPS) is 11.6. The summed E-state index contributed by atoms with van der Waals surface area (Å²) in [6, 6.07) is 12.5. The van der Waals surface area contributed by atoms with Crippen LogP contribution in [0, 0.1) is 11.6 Å². The van der Waals surface area contributed by atoms with Gasteiger partial charge in [0, 0.05) is 12.1 Å². The Hall–Kier alpha value is -1.23. The lowest BCUT2D eigenvalue weighted by molar-refractivity contribution is 0.318. The van der Waals surface area contributed by atoms with Gasteiger partial charge in [-0.25, -0.2) is 8.78 Å². The Morgan fingerprint density at radius 2 is 1.33 bits per heavy atom. The van der Waals surface area contributed by atoms with E-state index in [9.17, 15) is 8.78 Å². The molecule has 0 fully saturated rings. The summed E-state index contributed by atoms with van der Waals surface area (Å²) in [5.41, 5.74) is 0.296. The van der Waals surface area contributed by atoms with Crippen molar-refractivity contribution in [3.8, 4) is 0 Å². The van der Waals surface area contributed by atoms with Crippen LogP contribution in [-0.2, 0) is 4.43 Å². The topological polar surface area (TPSA) is 9.23 Å². The molecule has 2 aromatic rings. The van der Waals surface area contributed by atoms with Gasteiger partial charge in [0.05, 0.1) is 0 Å². The van der Waals surface area contributed by atoms with Gasteiger partial charge in [-0.05, 0) is 41.1 Å². The Labute approximate surface area is 129 Å². The summed E-state index contributed by atoms with van der Waals surface area (Å²) < 4.78 is 32.5. The molecular formula is C16H17ClF2OSi. The van der Waals surface area contributed by atoms with Crippen LogP contribution in [0.15, 0.2) is 48.5 Å². The molecule has 2 rings (SSSR count). The first-order valence-corrected chi connectivity index (χ1v) is 9.49. The molecule has 0 aliphatic heterocycles. The Morgan fingerprint density at radius 1 is 0.905 bits per heavy atom. The molecule has 0 saturated heterocycles. The van der Waals surface area contributed by atoms with Gasteiger partial charge in [0.2, 0.25) is 0 Å². The summed E-state index contributed by atoms with van der Waals surface area (Å²) in [6.07, 6.45) is 0.855. The van der Waals surface area contributed by atoms with Crippen molar-refractivity contribution in [2.45, 2.75) is 13.3 Å². The molecule has 0 heterocycles. The number of benzene rings is 2. The number of halogens is 3. The molecule has 0 unspecified atom stereocenters. The Balaban J connectivity index is 2.51. The van der Waals surface area contributed by atoms with Crippen molar-refractivity contribution < 1.29 is 13.2 Å². The second-order valence-corrected chi connectivity index (χ2v) is 8.99. The van der Waals surface area contributed by atoms with E-state index in [-0.39, 0.29) is 11.6 Å². The van der Waals surface area contributed by atoms with Gasteiger partial charge in [0.15, 0.2) is 0 Å². The zero-order valence-electron chi connectivity index (χ0n) is 11.8. The van der Waals surface area contributed by atoms with Crippen LogP contribution in [0.4, 0.5) is 8.78 Å². The van der Waals surface area contributed by atoms with Gasteiger partial charge in [-0.3, -0.25) is 0 Å². The minimum absolute atomic E-state index is 0.296. The van der Waals surface area contributed by atoms with E-state index in [1.54, 1.807) is 24.3 Å². The maximum absolute atomic E-state index is 13.2. The molecule has 0 atom stereocenters. The first-order chi connectivity index (χ1) is 10.1. The second-order valence-electron chi connectivity index (χ2n) is 4.82. The van der Waals surface area contributed by atoms with Crippen molar-refractivity contribution in [3.05, 3.63) is 60.2 Å². The van der Waals surface area contributed by atoms with Crippen LogP contribution < -0.4 is 10.4 Å². The van der Waals surface area contributed by atoms with Crippen molar-refractivity contribution in [1.82, 2.24) is 0 Å². The summed E-state index contributed by atoms with van der Waals surface area (Å²) in [6.45, 7) is 2.58. The maximum Gasteiger partial charge on any atom is 0.270 e. The van der Waals surface area contributed by atoms with Crippen LogP contribution in [0.3, 0.4) is 0 Å². The average Bonchev–Trinajstić information content (AvgIpc) is 2.51. The molecule has 0 saturated carbocycles. The summed E-state index contributed by atoms with van der Waals surface area (Å²) in [7, 11) is -2.66. The summed E-state index contributed by atoms with van der Waals surface area (Å²) in [4.78, 5) is 0. The van der Waals surface area contributed by atoms with Crippen LogP contribution in [0.1, 0.15) is 13.3 Å². The van der Waals surface area contributed by atoms with Crippen molar-refractivity contribution in [3.63, 3.8) is 0 Å². The lowest BCUT2D eigenvalue weighted by atomic mass is 10.3. The highest BCUT2D eigenvalue weighted by molar-refractivity contribution is 7.01. The number of alkyl halides is 1. The van der Waals surface area contributed by atoms with Crippen molar-refractivity contribution in [1.29, 1.82) is 0 Å². The van der Waals surface area contributed by atoms with E-state index < -0.39 is 8.32 Å². The molecule has 112 valence electrons.